The van der Waals surface area contributed by atoms with Crippen LogP contribution in [-0.2, 0) is 4.79 Å². The lowest BCUT2D eigenvalue weighted by molar-refractivity contribution is -0.136. The summed E-state index contributed by atoms with van der Waals surface area (Å²) in [5, 5.41) is 8.74. The topological polar surface area (TPSA) is 44.1 Å². The van der Waals surface area contributed by atoms with E-state index >= 15 is 0 Å². The second kappa shape index (κ2) is 4.86. The SMILES string of the molecule is CCCN(CC#N)C(=O)C1CC2CCC1C2. The molecule has 0 aliphatic heterocycles. The minimum Gasteiger partial charge on any atom is -0.329 e. The van der Waals surface area contributed by atoms with Crippen LogP contribution in [-0.4, -0.2) is 23.9 Å². The van der Waals surface area contributed by atoms with Crippen molar-refractivity contribution in [1.29, 1.82) is 5.26 Å². The molecule has 0 aromatic carbocycles. The smallest absolute Gasteiger partial charge is 0.226 e. The molecule has 3 heteroatoms. The summed E-state index contributed by atoms with van der Waals surface area (Å²) in [7, 11) is 0. The van der Waals surface area contributed by atoms with Gasteiger partial charge in [-0.2, -0.15) is 5.26 Å². The van der Waals surface area contributed by atoms with Gasteiger partial charge in [0.05, 0.1) is 6.07 Å². The Kier molecular flexibility index (Phi) is 3.48. The van der Waals surface area contributed by atoms with E-state index in [0.717, 1.165) is 25.3 Å². The summed E-state index contributed by atoms with van der Waals surface area (Å²) in [4.78, 5) is 14.0. The molecule has 2 fully saturated rings. The Morgan fingerprint density at radius 1 is 1.44 bits per heavy atom. The summed E-state index contributed by atoms with van der Waals surface area (Å²) in [6.07, 6.45) is 5.82. The summed E-state index contributed by atoms with van der Waals surface area (Å²) in [6.45, 7) is 3.05. The Morgan fingerprint density at radius 3 is 2.75 bits per heavy atom. The molecule has 1 amide bonds. The molecule has 0 radical (unpaired) electrons. The van der Waals surface area contributed by atoms with Gasteiger partial charge in [-0.15, -0.1) is 0 Å². The fourth-order valence-electron chi connectivity index (χ4n) is 3.40. The quantitative estimate of drug-likeness (QED) is 0.682. The zero-order valence-electron chi connectivity index (χ0n) is 9.98. The van der Waals surface area contributed by atoms with Crippen molar-refractivity contribution in [2.75, 3.05) is 13.1 Å². The largest absolute Gasteiger partial charge is 0.329 e. The van der Waals surface area contributed by atoms with Gasteiger partial charge in [0.2, 0.25) is 5.91 Å². The molecule has 2 aliphatic carbocycles. The van der Waals surface area contributed by atoms with E-state index in [9.17, 15) is 4.79 Å². The van der Waals surface area contributed by atoms with Crippen LogP contribution in [0.2, 0.25) is 0 Å². The number of amides is 1. The highest BCUT2D eigenvalue weighted by molar-refractivity contribution is 5.80. The average Bonchev–Trinajstić information content (AvgIpc) is 2.89. The van der Waals surface area contributed by atoms with E-state index in [0.29, 0.717) is 5.92 Å². The zero-order chi connectivity index (χ0) is 11.5. The second-order valence-electron chi connectivity index (χ2n) is 5.20. The molecule has 88 valence electrons. The number of nitriles is 1. The molecular formula is C13H20N2O. The van der Waals surface area contributed by atoms with Crippen LogP contribution in [0.25, 0.3) is 0 Å². The Balaban J connectivity index is 1.97. The number of hydrogen-bond donors (Lipinski definition) is 0. The highest BCUT2D eigenvalue weighted by Gasteiger charge is 2.44. The molecule has 2 rings (SSSR count). The molecule has 0 aromatic rings. The third-order valence-electron chi connectivity index (χ3n) is 4.12. The molecule has 3 atom stereocenters. The molecule has 2 bridgehead atoms. The molecule has 0 N–H and O–H groups in total. The van der Waals surface area contributed by atoms with Gasteiger partial charge in [0.1, 0.15) is 6.54 Å². The van der Waals surface area contributed by atoms with Crippen LogP contribution in [0.15, 0.2) is 0 Å². The number of carbonyl (C=O) groups excluding carboxylic acids is 1. The fourth-order valence-corrected chi connectivity index (χ4v) is 3.40. The molecule has 0 heterocycles. The standard InChI is InChI=1S/C13H20N2O/c1-2-6-15(7-5-14)13(16)12-9-10-3-4-11(12)8-10/h10-12H,2-4,6-9H2,1H3. The molecule has 0 saturated heterocycles. The van der Waals surface area contributed by atoms with Crippen molar-refractivity contribution < 1.29 is 4.79 Å². The summed E-state index contributed by atoms with van der Waals surface area (Å²) >= 11 is 0. The molecule has 3 nitrogen and oxygen atoms in total. The van der Waals surface area contributed by atoms with Crippen molar-refractivity contribution in [3.05, 3.63) is 0 Å². The van der Waals surface area contributed by atoms with E-state index in [2.05, 4.69) is 13.0 Å². The number of hydrogen-bond acceptors (Lipinski definition) is 2. The van der Waals surface area contributed by atoms with Gasteiger partial charge in [0, 0.05) is 12.5 Å². The van der Waals surface area contributed by atoms with Gasteiger partial charge in [0.25, 0.3) is 0 Å². The van der Waals surface area contributed by atoms with E-state index < -0.39 is 0 Å². The summed E-state index contributed by atoms with van der Waals surface area (Å²) in [6, 6.07) is 2.11. The molecule has 2 saturated carbocycles. The normalized spacial score (nSPS) is 31.4. The van der Waals surface area contributed by atoms with Gasteiger partial charge in [0.15, 0.2) is 0 Å². The van der Waals surface area contributed by atoms with Crippen molar-refractivity contribution in [1.82, 2.24) is 4.90 Å². The first-order chi connectivity index (χ1) is 7.76. The van der Waals surface area contributed by atoms with Crippen molar-refractivity contribution in [3.63, 3.8) is 0 Å². The van der Waals surface area contributed by atoms with E-state index in [-0.39, 0.29) is 18.4 Å². The van der Waals surface area contributed by atoms with Gasteiger partial charge in [-0.1, -0.05) is 13.3 Å². The van der Waals surface area contributed by atoms with Crippen LogP contribution in [0.3, 0.4) is 0 Å². The van der Waals surface area contributed by atoms with E-state index in [1.165, 1.54) is 19.3 Å². The number of rotatable bonds is 4. The number of fused-ring (bicyclic) bond motifs is 2. The van der Waals surface area contributed by atoms with Crippen molar-refractivity contribution >= 4 is 5.91 Å². The maximum Gasteiger partial charge on any atom is 0.226 e. The van der Waals surface area contributed by atoms with Crippen molar-refractivity contribution in [3.8, 4) is 6.07 Å². The van der Waals surface area contributed by atoms with Gasteiger partial charge >= 0.3 is 0 Å². The van der Waals surface area contributed by atoms with E-state index in [1.807, 2.05) is 0 Å². The molecule has 2 aliphatic rings. The molecule has 0 spiro atoms. The highest BCUT2D eigenvalue weighted by atomic mass is 16.2. The lowest BCUT2D eigenvalue weighted by Gasteiger charge is -2.27. The predicted molar refractivity (Wildman–Crippen MR) is 61.4 cm³/mol. The molecular weight excluding hydrogens is 200 g/mol. The Labute approximate surface area is 97.4 Å². The average molecular weight is 220 g/mol. The summed E-state index contributed by atoms with van der Waals surface area (Å²) in [5.74, 6) is 1.90. The fraction of sp³-hybridized carbons (Fsp3) is 0.846. The van der Waals surface area contributed by atoms with E-state index in [1.54, 1.807) is 4.90 Å². The van der Waals surface area contributed by atoms with Gasteiger partial charge in [-0.05, 0) is 37.5 Å². The first kappa shape index (κ1) is 11.4. The summed E-state index contributed by atoms with van der Waals surface area (Å²) in [5.41, 5.74) is 0. The van der Waals surface area contributed by atoms with Gasteiger partial charge in [-0.25, -0.2) is 0 Å². The third-order valence-corrected chi connectivity index (χ3v) is 4.12. The molecule has 16 heavy (non-hydrogen) atoms. The zero-order valence-corrected chi connectivity index (χ0v) is 9.98. The van der Waals surface area contributed by atoms with Crippen molar-refractivity contribution in [2.24, 2.45) is 17.8 Å². The molecule has 3 unspecified atom stereocenters. The summed E-state index contributed by atoms with van der Waals surface area (Å²) < 4.78 is 0. The Hall–Kier alpha value is -1.04. The minimum absolute atomic E-state index is 0.235. The monoisotopic (exact) mass is 220 g/mol. The van der Waals surface area contributed by atoms with Crippen LogP contribution in [0.5, 0.6) is 0 Å². The first-order valence-corrected chi connectivity index (χ1v) is 6.42. The third kappa shape index (κ3) is 2.07. The minimum atomic E-state index is 0.235. The van der Waals surface area contributed by atoms with E-state index in [4.69, 9.17) is 5.26 Å². The first-order valence-electron chi connectivity index (χ1n) is 6.42. The number of carbonyl (C=O) groups is 1. The predicted octanol–water partition coefficient (Wildman–Crippen LogP) is 2.18. The lowest BCUT2D eigenvalue weighted by atomic mass is 9.87. The maximum atomic E-state index is 12.3. The van der Waals surface area contributed by atoms with Crippen LogP contribution >= 0.6 is 0 Å². The number of nitrogens with zero attached hydrogens (tertiary/aromatic N) is 2. The van der Waals surface area contributed by atoms with Crippen LogP contribution < -0.4 is 0 Å². The van der Waals surface area contributed by atoms with Crippen molar-refractivity contribution in [2.45, 2.75) is 39.0 Å². The maximum absolute atomic E-state index is 12.3. The Morgan fingerprint density at radius 2 is 2.25 bits per heavy atom. The highest BCUT2D eigenvalue weighted by Crippen LogP contribution is 2.48. The van der Waals surface area contributed by atoms with Crippen LogP contribution in [0, 0.1) is 29.1 Å². The van der Waals surface area contributed by atoms with Gasteiger partial charge < -0.3 is 4.90 Å². The second-order valence-corrected chi connectivity index (χ2v) is 5.20. The Bertz CT molecular complexity index is 308. The molecule has 0 aromatic heterocycles. The van der Waals surface area contributed by atoms with Gasteiger partial charge in [-0.3, -0.25) is 4.79 Å². The van der Waals surface area contributed by atoms with Crippen LogP contribution in [0.1, 0.15) is 39.0 Å². The lowest BCUT2D eigenvalue weighted by Crippen LogP contribution is -2.39. The van der Waals surface area contributed by atoms with Crippen LogP contribution in [0.4, 0.5) is 0 Å².